The van der Waals surface area contributed by atoms with Crippen LogP contribution >= 0.6 is 11.3 Å². The van der Waals surface area contributed by atoms with Gasteiger partial charge in [-0.15, -0.1) is 11.3 Å². The van der Waals surface area contributed by atoms with Crippen molar-refractivity contribution in [2.75, 3.05) is 0 Å². The number of thiophene rings is 1. The third-order valence-corrected chi connectivity index (χ3v) is 4.00. The number of aromatic nitrogens is 4. The standard InChI is InChI=1S/C14H15N5S/c1-19-8-7-15-14(19)13(12-5-3-9-20-12)16-10-11-4-2-6-17-18-11/h2-9,13,16H,10H2,1H3. The lowest BCUT2D eigenvalue weighted by molar-refractivity contribution is 0.556. The predicted molar refractivity (Wildman–Crippen MR) is 78.2 cm³/mol. The summed E-state index contributed by atoms with van der Waals surface area (Å²) in [7, 11) is 2.01. The van der Waals surface area contributed by atoms with Gasteiger partial charge in [-0.25, -0.2) is 4.98 Å². The van der Waals surface area contributed by atoms with Crippen molar-refractivity contribution in [1.29, 1.82) is 0 Å². The second kappa shape index (κ2) is 5.94. The second-order valence-corrected chi connectivity index (χ2v) is 5.42. The summed E-state index contributed by atoms with van der Waals surface area (Å²) in [4.78, 5) is 5.69. The third kappa shape index (κ3) is 2.76. The van der Waals surface area contributed by atoms with E-state index in [9.17, 15) is 0 Å². The minimum Gasteiger partial charge on any atom is -0.336 e. The Balaban J connectivity index is 1.82. The van der Waals surface area contributed by atoms with Gasteiger partial charge in [-0.05, 0) is 23.6 Å². The number of rotatable bonds is 5. The van der Waals surface area contributed by atoms with Crippen LogP contribution in [0.4, 0.5) is 0 Å². The zero-order chi connectivity index (χ0) is 13.8. The third-order valence-electron chi connectivity index (χ3n) is 3.06. The topological polar surface area (TPSA) is 55.6 Å². The van der Waals surface area contributed by atoms with Crippen molar-refractivity contribution in [1.82, 2.24) is 25.1 Å². The maximum Gasteiger partial charge on any atom is 0.131 e. The van der Waals surface area contributed by atoms with Gasteiger partial charge in [0.15, 0.2) is 0 Å². The number of hydrogen-bond donors (Lipinski definition) is 1. The highest BCUT2D eigenvalue weighted by Gasteiger charge is 2.18. The molecule has 0 aliphatic heterocycles. The molecule has 5 nitrogen and oxygen atoms in total. The average molecular weight is 285 g/mol. The van der Waals surface area contributed by atoms with Crippen LogP contribution in [0.15, 0.2) is 48.2 Å². The Labute approximate surface area is 121 Å². The van der Waals surface area contributed by atoms with Gasteiger partial charge in [-0.1, -0.05) is 6.07 Å². The molecule has 0 spiro atoms. The molecule has 1 atom stereocenters. The Bertz CT molecular complexity index is 647. The summed E-state index contributed by atoms with van der Waals surface area (Å²) >= 11 is 1.72. The van der Waals surface area contributed by atoms with Gasteiger partial charge >= 0.3 is 0 Å². The highest BCUT2D eigenvalue weighted by atomic mass is 32.1. The summed E-state index contributed by atoms with van der Waals surface area (Å²) in [6.07, 6.45) is 5.46. The largest absolute Gasteiger partial charge is 0.336 e. The number of nitrogens with one attached hydrogen (secondary N) is 1. The number of hydrogen-bond acceptors (Lipinski definition) is 5. The van der Waals surface area contributed by atoms with E-state index in [1.54, 1.807) is 17.5 Å². The van der Waals surface area contributed by atoms with Crippen molar-refractivity contribution in [2.24, 2.45) is 7.05 Å². The van der Waals surface area contributed by atoms with E-state index in [4.69, 9.17) is 0 Å². The fraction of sp³-hybridized carbons (Fsp3) is 0.214. The molecule has 0 saturated carbocycles. The number of nitrogens with zero attached hydrogens (tertiary/aromatic N) is 4. The molecule has 0 aliphatic carbocycles. The number of aryl methyl sites for hydroxylation is 1. The smallest absolute Gasteiger partial charge is 0.131 e. The molecule has 3 rings (SSSR count). The van der Waals surface area contributed by atoms with E-state index >= 15 is 0 Å². The highest BCUT2D eigenvalue weighted by Crippen LogP contribution is 2.24. The van der Waals surface area contributed by atoms with E-state index in [0.717, 1.165) is 11.5 Å². The fourth-order valence-corrected chi connectivity index (χ4v) is 2.86. The summed E-state index contributed by atoms with van der Waals surface area (Å²) in [5.74, 6) is 0.997. The van der Waals surface area contributed by atoms with Crippen LogP contribution in [0.25, 0.3) is 0 Å². The van der Waals surface area contributed by atoms with Gasteiger partial charge in [0.1, 0.15) is 11.9 Å². The average Bonchev–Trinajstić information content (AvgIpc) is 3.13. The summed E-state index contributed by atoms with van der Waals surface area (Å²) in [5, 5.41) is 13.6. The van der Waals surface area contributed by atoms with Crippen molar-refractivity contribution >= 4 is 11.3 Å². The van der Waals surface area contributed by atoms with Crippen molar-refractivity contribution in [3.8, 4) is 0 Å². The van der Waals surface area contributed by atoms with E-state index in [1.807, 2.05) is 36.1 Å². The SMILES string of the molecule is Cn1ccnc1C(NCc1cccnn1)c1cccs1. The van der Waals surface area contributed by atoms with Gasteiger partial charge in [0.2, 0.25) is 0 Å². The summed E-state index contributed by atoms with van der Waals surface area (Å²) in [6.45, 7) is 0.656. The molecule has 3 aromatic rings. The molecule has 102 valence electrons. The van der Waals surface area contributed by atoms with Gasteiger partial charge in [0, 0.05) is 37.1 Å². The minimum absolute atomic E-state index is 0.0667. The van der Waals surface area contributed by atoms with Crippen LogP contribution in [0.2, 0.25) is 0 Å². The van der Waals surface area contributed by atoms with Crippen LogP contribution in [-0.2, 0) is 13.6 Å². The molecule has 0 aromatic carbocycles. The van der Waals surface area contributed by atoms with Crippen molar-refractivity contribution in [3.63, 3.8) is 0 Å². The van der Waals surface area contributed by atoms with Gasteiger partial charge in [0.25, 0.3) is 0 Å². The lowest BCUT2D eigenvalue weighted by atomic mass is 10.2. The molecule has 0 aliphatic rings. The molecular weight excluding hydrogens is 270 g/mol. The second-order valence-electron chi connectivity index (χ2n) is 4.44. The molecule has 0 amide bonds. The fourth-order valence-electron chi connectivity index (χ4n) is 2.06. The predicted octanol–water partition coefficient (Wildman–Crippen LogP) is 2.15. The Morgan fingerprint density at radius 3 is 2.90 bits per heavy atom. The lowest BCUT2D eigenvalue weighted by Crippen LogP contribution is -2.24. The molecule has 1 unspecified atom stereocenters. The van der Waals surface area contributed by atoms with Crippen LogP contribution in [-0.4, -0.2) is 19.7 Å². The van der Waals surface area contributed by atoms with Gasteiger partial charge < -0.3 is 4.57 Å². The maximum atomic E-state index is 4.46. The van der Waals surface area contributed by atoms with Gasteiger partial charge in [0.05, 0.1) is 5.69 Å². The van der Waals surface area contributed by atoms with Gasteiger partial charge in [-0.3, -0.25) is 5.32 Å². The summed E-state index contributed by atoms with van der Waals surface area (Å²) in [5.41, 5.74) is 0.920. The summed E-state index contributed by atoms with van der Waals surface area (Å²) < 4.78 is 2.04. The van der Waals surface area contributed by atoms with Gasteiger partial charge in [-0.2, -0.15) is 10.2 Å². The Kier molecular flexibility index (Phi) is 3.85. The van der Waals surface area contributed by atoms with Crippen LogP contribution in [0.3, 0.4) is 0 Å². The Morgan fingerprint density at radius 2 is 2.25 bits per heavy atom. The van der Waals surface area contributed by atoms with E-state index in [0.29, 0.717) is 6.54 Å². The van der Waals surface area contributed by atoms with E-state index in [2.05, 4.69) is 38.0 Å². The zero-order valence-electron chi connectivity index (χ0n) is 11.1. The molecule has 6 heteroatoms. The van der Waals surface area contributed by atoms with E-state index in [-0.39, 0.29) is 6.04 Å². The van der Waals surface area contributed by atoms with Crippen LogP contribution < -0.4 is 5.32 Å². The monoisotopic (exact) mass is 285 g/mol. The first-order valence-corrected chi connectivity index (χ1v) is 7.23. The molecule has 3 heterocycles. The Hall–Kier alpha value is -2.05. The molecule has 1 N–H and O–H groups in total. The van der Waals surface area contributed by atoms with Crippen molar-refractivity contribution < 1.29 is 0 Å². The van der Waals surface area contributed by atoms with Crippen LogP contribution in [0.1, 0.15) is 22.4 Å². The minimum atomic E-state index is 0.0667. The first-order valence-electron chi connectivity index (χ1n) is 6.35. The maximum absolute atomic E-state index is 4.46. The molecule has 0 fully saturated rings. The molecule has 0 radical (unpaired) electrons. The van der Waals surface area contributed by atoms with E-state index < -0.39 is 0 Å². The normalized spacial score (nSPS) is 12.4. The quantitative estimate of drug-likeness (QED) is 0.780. The molecule has 3 aromatic heterocycles. The highest BCUT2D eigenvalue weighted by molar-refractivity contribution is 7.10. The Morgan fingerprint density at radius 1 is 1.30 bits per heavy atom. The lowest BCUT2D eigenvalue weighted by Gasteiger charge is -2.17. The van der Waals surface area contributed by atoms with E-state index in [1.165, 1.54) is 4.88 Å². The molecule has 0 bridgehead atoms. The zero-order valence-corrected chi connectivity index (χ0v) is 11.9. The molecular formula is C14H15N5S. The molecule has 20 heavy (non-hydrogen) atoms. The number of imidazole rings is 1. The van der Waals surface area contributed by atoms with Crippen LogP contribution in [0.5, 0.6) is 0 Å². The first-order chi connectivity index (χ1) is 9.84. The van der Waals surface area contributed by atoms with Crippen molar-refractivity contribution in [3.05, 3.63) is 64.6 Å². The molecule has 0 saturated heterocycles. The first kappa shape index (κ1) is 13.0. The van der Waals surface area contributed by atoms with Crippen LogP contribution in [0, 0.1) is 0 Å². The van der Waals surface area contributed by atoms with Crippen molar-refractivity contribution in [2.45, 2.75) is 12.6 Å². The summed E-state index contributed by atoms with van der Waals surface area (Å²) in [6, 6.07) is 8.10.